The SMILES string of the molecule is COc1cc(OC)c(C=C2SC(=O)N(Cc3ccccc3)C2=O)c(OC)c1. The second-order valence-corrected chi connectivity index (χ2v) is 6.69. The third kappa shape index (κ3) is 3.93. The number of thioether (sulfide) groups is 1. The molecule has 0 unspecified atom stereocenters. The maximum absolute atomic E-state index is 12.8. The van der Waals surface area contributed by atoms with E-state index in [1.807, 2.05) is 30.3 Å². The molecule has 1 fully saturated rings. The van der Waals surface area contributed by atoms with Gasteiger partial charge < -0.3 is 14.2 Å². The van der Waals surface area contributed by atoms with Crippen molar-refractivity contribution in [2.24, 2.45) is 0 Å². The Labute approximate surface area is 161 Å². The Kier molecular flexibility index (Phi) is 5.71. The van der Waals surface area contributed by atoms with Gasteiger partial charge in [0.1, 0.15) is 17.2 Å². The Bertz CT molecular complexity index is 869. The highest BCUT2D eigenvalue weighted by molar-refractivity contribution is 8.18. The third-order valence-electron chi connectivity index (χ3n) is 4.09. The number of ether oxygens (including phenoxy) is 3. The van der Waals surface area contributed by atoms with Crippen LogP contribution in [0.2, 0.25) is 0 Å². The molecule has 1 saturated heterocycles. The number of benzene rings is 2. The van der Waals surface area contributed by atoms with Gasteiger partial charge >= 0.3 is 0 Å². The van der Waals surface area contributed by atoms with Gasteiger partial charge in [0, 0.05) is 12.1 Å². The molecular weight excluding hydrogens is 366 g/mol. The first-order chi connectivity index (χ1) is 13.1. The van der Waals surface area contributed by atoms with Gasteiger partial charge in [0.05, 0.1) is 38.3 Å². The molecule has 1 aliphatic heterocycles. The van der Waals surface area contributed by atoms with Gasteiger partial charge in [0.2, 0.25) is 0 Å². The number of hydrogen-bond donors (Lipinski definition) is 0. The lowest BCUT2D eigenvalue weighted by Crippen LogP contribution is -2.27. The van der Waals surface area contributed by atoms with Gasteiger partial charge in [-0.05, 0) is 23.4 Å². The lowest BCUT2D eigenvalue weighted by molar-refractivity contribution is -0.123. The highest BCUT2D eigenvalue weighted by Gasteiger charge is 2.35. The predicted molar refractivity (Wildman–Crippen MR) is 104 cm³/mol. The molecule has 0 N–H and O–H groups in total. The van der Waals surface area contributed by atoms with Crippen LogP contribution in [0.3, 0.4) is 0 Å². The Morgan fingerprint density at radius 2 is 1.59 bits per heavy atom. The van der Waals surface area contributed by atoms with Crippen molar-refractivity contribution in [2.75, 3.05) is 21.3 Å². The summed E-state index contributed by atoms with van der Waals surface area (Å²) in [5.74, 6) is 1.20. The largest absolute Gasteiger partial charge is 0.496 e. The van der Waals surface area contributed by atoms with Crippen molar-refractivity contribution in [2.45, 2.75) is 6.54 Å². The monoisotopic (exact) mass is 385 g/mol. The van der Waals surface area contributed by atoms with Crippen LogP contribution in [0.5, 0.6) is 17.2 Å². The summed E-state index contributed by atoms with van der Waals surface area (Å²) in [6, 6.07) is 12.8. The Morgan fingerprint density at radius 3 is 2.15 bits per heavy atom. The lowest BCUT2D eigenvalue weighted by atomic mass is 10.1. The number of methoxy groups -OCH3 is 3. The van der Waals surface area contributed by atoms with E-state index in [-0.39, 0.29) is 17.7 Å². The first kappa shape index (κ1) is 18.8. The molecule has 0 atom stereocenters. The van der Waals surface area contributed by atoms with Crippen LogP contribution >= 0.6 is 11.8 Å². The molecule has 0 radical (unpaired) electrons. The van der Waals surface area contributed by atoms with E-state index in [0.29, 0.717) is 27.7 Å². The third-order valence-corrected chi connectivity index (χ3v) is 4.99. The van der Waals surface area contributed by atoms with E-state index < -0.39 is 0 Å². The van der Waals surface area contributed by atoms with Gasteiger partial charge in [-0.1, -0.05) is 30.3 Å². The molecule has 0 bridgehead atoms. The van der Waals surface area contributed by atoms with Crippen molar-refractivity contribution in [1.82, 2.24) is 4.90 Å². The fourth-order valence-corrected chi connectivity index (χ4v) is 3.53. The summed E-state index contributed by atoms with van der Waals surface area (Å²) >= 11 is 0.900. The number of rotatable bonds is 6. The van der Waals surface area contributed by atoms with Crippen LogP contribution in [0, 0.1) is 0 Å². The van der Waals surface area contributed by atoms with Crippen molar-refractivity contribution >= 4 is 29.0 Å². The van der Waals surface area contributed by atoms with E-state index in [0.717, 1.165) is 17.3 Å². The van der Waals surface area contributed by atoms with E-state index in [1.54, 1.807) is 25.3 Å². The quantitative estimate of drug-likeness (QED) is 0.702. The molecule has 140 valence electrons. The van der Waals surface area contributed by atoms with Gasteiger partial charge in [-0.15, -0.1) is 0 Å². The molecule has 7 heteroatoms. The molecule has 0 spiro atoms. The molecule has 0 aliphatic carbocycles. The Hall–Kier alpha value is -2.93. The number of imide groups is 1. The van der Waals surface area contributed by atoms with Gasteiger partial charge in [-0.25, -0.2) is 0 Å². The minimum atomic E-state index is -0.339. The zero-order valence-corrected chi connectivity index (χ0v) is 16.0. The minimum absolute atomic E-state index is 0.236. The molecule has 0 saturated carbocycles. The molecule has 2 aromatic rings. The highest BCUT2D eigenvalue weighted by Crippen LogP contribution is 2.39. The Balaban J connectivity index is 1.94. The topological polar surface area (TPSA) is 65.1 Å². The zero-order chi connectivity index (χ0) is 19.4. The van der Waals surface area contributed by atoms with Gasteiger partial charge in [-0.2, -0.15) is 0 Å². The van der Waals surface area contributed by atoms with Crippen LogP contribution in [-0.2, 0) is 11.3 Å². The van der Waals surface area contributed by atoms with Crippen LogP contribution < -0.4 is 14.2 Å². The van der Waals surface area contributed by atoms with Gasteiger partial charge in [0.25, 0.3) is 11.1 Å². The van der Waals surface area contributed by atoms with Crippen molar-refractivity contribution in [3.05, 3.63) is 58.5 Å². The molecule has 6 nitrogen and oxygen atoms in total. The normalized spacial score (nSPS) is 15.4. The molecule has 1 heterocycles. The van der Waals surface area contributed by atoms with Gasteiger partial charge in [0.15, 0.2) is 0 Å². The van der Waals surface area contributed by atoms with Crippen molar-refractivity contribution < 1.29 is 23.8 Å². The second-order valence-electron chi connectivity index (χ2n) is 5.70. The maximum atomic E-state index is 12.8. The molecule has 1 aliphatic rings. The minimum Gasteiger partial charge on any atom is -0.496 e. The number of amides is 2. The summed E-state index contributed by atoms with van der Waals surface area (Å²) in [5, 5.41) is -0.304. The lowest BCUT2D eigenvalue weighted by Gasteiger charge is -2.13. The smallest absolute Gasteiger partial charge is 0.293 e. The van der Waals surface area contributed by atoms with Crippen LogP contribution in [-0.4, -0.2) is 37.4 Å². The van der Waals surface area contributed by atoms with Crippen molar-refractivity contribution in [3.63, 3.8) is 0 Å². The molecule has 2 amide bonds. The number of hydrogen-bond acceptors (Lipinski definition) is 6. The Morgan fingerprint density at radius 1 is 0.963 bits per heavy atom. The molecule has 0 aromatic heterocycles. The van der Waals surface area contributed by atoms with Crippen LogP contribution in [0.4, 0.5) is 4.79 Å². The van der Waals surface area contributed by atoms with E-state index in [9.17, 15) is 9.59 Å². The summed E-state index contributed by atoms with van der Waals surface area (Å²) in [6.45, 7) is 0.236. The van der Waals surface area contributed by atoms with E-state index in [1.165, 1.54) is 19.1 Å². The molecule has 2 aromatic carbocycles. The van der Waals surface area contributed by atoms with Crippen LogP contribution in [0.15, 0.2) is 47.4 Å². The summed E-state index contributed by atoms with van der Waals surface area (Å²) < 4.78 is 16.0. The summed E-state index contributed by atoms with van der Waals surface area (Å²) in [6.07, 6.45) is 1.62. The fourth-order valence-electron chi connectivity index (χ4n) is 2.71. The average molecular weight is 385 g/mol. The average Bonchev–Trinajstić information content (AvgIpc) is 2.96. The highest BCUT2D eigenvalue weighted by atomic mass is 32.2. The van der Waals surface area contributed by atoms with Crippen molar-refractivity contribution in [1.29, 1.82) is 0 Å². The predicted octanol–water partition coefficient (Wildman–Crippen LogP) is 3.95. The second kappa shape index (κ2) is 8.18. The number of carbonyl (C=O) groups excluding carboxylic acids is 2. The number of carbonyl (C=O) groups is 2. The first-order valence-electron chi connectivity index (χ1n) is 8.16. The fraction of sp³-hybridized carbons (Fsp3) is 0.200. The van der Waals surface area contributed by atoms with Crippen LogP contribution in [0.1, 0.15) is 11.1 Å². The van der Waals surface area contributed by atoms with Crippen LogP contribution in [0.25, 0.3) is 6.08 Å². The first-order valence-corrected chi connectivity index (χ1v) is 8.98. The van der Waals surface area contributed by atoms with E-state index in [2.05, 4.69) is 0 Å². The van der Waals surface area contributed by atoms with Crippen molar-refractivity contribution in [3.8, 4) is 17.2 Å². The standard InChI is InChI=1S/C20H19NO5S/c1-24-14-9-16(25-2)15(17(10-14)26-3)11-18-19(22)21(20(23)27-18)12-13-7-5-4-6-8-13/h4-11H,12H2,1-3H3. The maximum Gasteiger partial charge on any atom is 0.293 e. The summed E-state index contributed by atoms with van der Waals surface area (Å²) in [4.78, 5) is 26.6. The van der Waals surface area contributed by atoms with E-state index in [4.69, 9.17) is 14.2 Å². The van der Waals surface area contributed by atoms with Gasteiger partial charge in [-0.3, -0.25) is 14.5 Å². The molecular formula is C20H19NO5S. The summed E-state index contributed by atoms with van der Waals surface area (Å²) in [5.41, 5.74) is 1.46. The van der Waals surface area contributed by atoms with E-state index >= 15 is 0 Å². The molecule has 27 heavy (non-hydrogen) atoms. The zero-order valence-electron chi connectivity index (χ0n) is 15.2. The molecule has 3 rings (SSSR count). The number of nitrogens with zero attached hydrogens (tertiary/aromatic N) is 1. The summed E-state index contributed by atoms with van der Waals surface area (Å²) in [7, 11) is 4.59.